The van der Waals surface area contributed by atoms with E-state index in [4.69, 9.17) is 0 Å². The quantitative estimate of drug-likeness (QED) is 0.601. The lowest BCUT2D eigenvalue weighted by Crippen LogP contribution is -2.40. The molecule has 0 atom stereocenters. The fourth-order valence-electron chi connectivity index (χ4n) is 2.12. The molecule has 0 saturated carbocycles. The van der Waals surface area contributed by atoms with Gasteiger partial charge in [0.15, 0.2) is 0 Å². The minimum absolute atomic E-state index is 0.134. The molecule has 0 aliphatic heterocycles. The van der Waals surface area contributed by atoms with Crippen molar-refractivity contribution in [1.29, 1.82) is 0 Å². The highest BCUT2D eigenvalue weighted by molar-refractivity contribution is 6.39. The topological polar surface area (TPSA) is 69.6 Å². The molecule has 0 radical (unpaired) electrons. The lowest BCUT2D eigenvalue weighted by Gasteiger charge is -2.22. The largest absolute Gasteiger partial charge is 0.508 e. The van der Waals surface area contributed by atoms with Crippen molar-refractivity contribution >= 4 is 17.5 Å². The van der Waals surface area contributed by atoms with Crippen LogP contribution in [0.2, 0.25) is 0 Å². The van der Waals surface area contributed by atoms with E-state index in [9.17, 15) is 14.7 Å². The van der Waals surface area contributed by atoms with Gasteiger partial charge in [0, 0.05) is 18.8 Å². The maximum absolute atomic E-state index is 12.3. The number of hydrogen-bond donors (Lipinski definition) is 2. The predicted molar refractivity (Wildman–Crippen MR) is 87.9 cm³/mol. The first-order valence-electron chi connectivity index (χ1n) is 7.89. The molecule has 0 spiro atoms. The lowest BCUT2D eigenvalue weighted by molar-refractivity contribution is -0.143. The molecule has 1 rings (SSSR count). The molecule has 0 aliphatic rings. The summed E-state index contributed by atoms with van der Waals surface area (Å²) in [6.07, 6.45) is 3.74. The highest BCUT2D eigenvalue weighted by atomic mass is 16.3. The van der Waals surface area contributed by atoms with Crippen LogP contribution in [0.25, 0.3) is 0 Å². The molecule has 2 amide bonds. The molecule has 0 aliphatic carbocycles. The van der Waals surface area contributed by atoms with Gasteiger partial charge in [0.1, 0.15) is 5.75 Å². The highest BCUT2D eigenvalue weighted by Gasteiger charge is 2.21. The third-order valence-electron chi connectivity index (χ3n) is 3.50. The van der Waals surface area contributed by atoms with Crippen molar-refractivity contribution in [3.05, 3.63) is 23.8 Å². The number of benzene rings is 1. The maximum atomic E-state index is 12.3. The molecule has 122 valence electrons. The monoisotopic (exact) mass is 306 g/mol. The van der Waals surface area contributed by atoms with Gasteiger partial charge < -0.3 is 15.3 Å². The van der Waals surface area contributed by atoms with E-state index in [1.807, 2.05) is 0 Å². The molecule has 5 nitrogen and oxygen atoms in total. The fraction of sp³-hybridized carbons (Fsp3) is 0.529. The van der Waals surface area contributed by atoms with E-state index in [1.54, 1.807) is 24.0 Å². The van der Waals surface area contributed by atoms with Gasteiger partial charge in [0.2, 0.25) is 0 Å². The maximum Gasteiger partial charge on any atom is 0.313 e. The number of carbonyl (C=O) groups excluding carboxylic acids is 2. The van der Waals surface area contributed by atoms with Crippen molar-refractivity contribution < 1.29 is 14.7 Å². The molecule has 2 N–H and O–H groups in total. The van der Waals surface area contributed by atoms with E-state index in [1.165, 1.54) is 6.07 Å². The Morgan fingerprint density at radius 3 is 2.23 bits per heavy atom. The van der Waals surface area contributed by atoms with E-state index in [2.05, 4.69) is 19.2 Å². The first kappa shape index (κ1) is 18.0. The van der Waals surface area contributed by atoms with Gasteiger partial charge in [-0.3, -0.25) is 9.59 Å². The SMILES string of the molecule is CCCCN(CCCC)C(=O)C(=O)Nc1ccc(O)cc1C. The number of hydrogen-bond acceptors (Lipinski definition) is 3. The van der Waals surface area contributed by atoms with Crippen LogP contribution in [0, 0.1) is 6.92 Å². The molecule has 0 fully saturated rings. The van der Waals surface area contributed by atoms with Crippen LogP contribution < -0.4 is 5.32 Å². The molecule has 5 heteroatoms. The Morgan fingerprint density at radius 2 is 1.73 bits per heavy atom. The number of phenolic OH excluding ortho intramolecular Hbond substituents is 1. The minimum atomic E-state index is -0.624. The second kappa shape index (κ2) is 9.07. The Morgan fingerprint density at radius 1 is 1.14 bits per heavy atom. The molecule has 0 heterocycles. The molecule has 1 aromatic rings. The fourth-order valence-corrected chi connectivity index (χ4v) is 2.12. The summed E-state index contributed by atoms with van der Waals surface area (Å²) in [4.78, 5) is 26.1. The molecule has 0 bridgehead atoms. The summed E-state index contributed by atoms with van der Waals surface area (Å²) in [7, 11) is 0. The lowest BCUT2D eigenvalue weighted by atomic mass is 10.2. The molecule has 0 saturated heterocycles. The van der Waals surface area contributed by atoms with Gasteiger partial charge >= 0.3 is 11.8 Å². The number of anilines is 1. The van der Waals surface area contributed by atoms with Crippen LogP contribution in [0.1, 0.15) is 45.1 Å². The van der Waals surface area contributed by atoms with Gasteiger partial charge in [-0.25, -0.2) is 0 Å². The number of unbranched alkanes of at least 4 members (excludes halogenated alkanes) is 2. The number of amides is 2. The van der Waals surface area contributed by atoms with E-state index in [-0.39, 0.29) is 5.75 Å². The number of nitrogens with zero attached hydrogens (tertiary/aromatic N) is 1. The zero-order valence-corrected chi connectivity index (χ0v) is 13.7. The molecular formula is C17H26N2O3. The van der Waals surface area contributed by atoms with E-state index >= 15 is 0 Å². The van der Waals surface area contributed by atoms with Crippen molar-refractivity contribution in [2.75, 3.05) is 18.4 Å². The van der Waals surface area contributed by atoms with E-state index in [0.29, 0.717) is 18.8 Å². The average Bonchev–Trinajstić information content (AvgIpc) is 2.49. The van der Waals surface area contributed by atoms with Gasteiger partial charge in [-0.05, 0) is 43.5 Å². The summed E-state index contributed by atoms with van der Waals surface area (Å²) in [5.74, 6) is -0.982. The van der Waals surface area contributed by atoms with Crippen molar-refractivity contribution in [2.45, 2.75) is 46.5 Å². The molecule has 0 unspecified atom stereocenters. The molecular weight excluding hydrogens is 280 g/mol. The summed E-state index contributed by atoms with van der Waals surface area (Å²) < 4.78 is 0. The highest BCUT2D eigenvalue weighted by Crippen LogP contribution is 2.20. The molecule has 22 heavy (non-hydrogen) atoms. The minimum Gasteiger partial charge on any atom is -0.508 e. The van der Waals surface area contributed by atoms with Crippen molar-refractivity contribution in [3.8, 4) is 5.75 Å². The summed E-state index contributed by atoms with van der Waals surface area (Å²) in [5, 5.41) is 12.0. The van der Waals surface area contributed by atoms with Crippen LogP contribution in [-0.2, 0) is 9.59 Å². The van der Waals surface area contributed by atoms with E-state index < -0.39 is 11.8 Å². The number of aromatic hydroxyl groups is 1. The van der Waals surface area contributed by atoms with Crippen LogP contribution in [0.3, 0.4) is 0 Å². The average molecular weight is 306 g/mol. The smallest absolute Gasteiger partial charge is 0.313 e. The molecule has 1 aromatic carbocycles. The zero-order valence-electron chi connectivity index (χ0n) is 13.7. The normalized spacial score (nSPS) is 10.3. The van der Waals surface area contributed by atoms with Gasteiger partial charge in [-0.2, -0.15) is 0 Å². The van der Waals surface area contributed by atoms with Crippen molar-refractivity contribution in [3.63, 3.8) is 0 Å². The van der Waals surface area contributed by atoms with Crippen LogP contribution in [-0.4, -0.2) is 34.9 Å². The van der Waals surface area contributed by atoms with Gasteiger partial charge in [-0.1, -0.05) is 26.7 Å². The van der Waals surface area contributed by atoms with Gasteiger partial charge in [-0.15, -0.1) is 0 Å². The third-order valence-corrected chi connectivity index (χ3v) is 3.50. The van der Waals surface area contributed by atoms with Crippen molar-refractivity contribution in [1.82, 2.24) is 4.90 Å². The summed E-state index contributed by atoms with van der Waals surface area (Å²) >= 11 is 0. The first-order chi connectivity index (χ1) is 10.5. The summed E-state index contributed by atoms with van der Waals surface area (Å²) in [6.45, 7) is 7.10. The number of phenols is 1. The van der Waals surface area contributed by atoms with Crippen molar-refractivity contribution in [2.24, 2.45) is 0 Å². The number of aryl methyl sites for hydroxylation is 1. The van der Waals surface area contributed by atoms with Crippen LogP contribution >= 0.6 is 0 Å². The second-order valence-electron chi connectivity index (χ2n) is 5.45. The summed E-state index contributed by atoms with van der Waals surface area (Å²) in [6, 6.07) is 4.63. The number of rotatable bonds is 7. The van der Waals surface area contributed by atoms with Gasteiger partial charge in [0.25, 0.3) is 0 Å². The Balaban J connectivity index is 2.73. The Hall–Kier alpha value is -2.04. The summed E-state index contributed by atoms with van der Waals surface area (Å²) in [5.41, 5.74) is 1.26. The Kier molecular flexibility index (Phi) is 7.43. The number of nitrogens with one attached hydrogen (secondary N) is 1. The Bertz CT molecular complexity index is 507. The first-order valence-corrected chi connectivity index (χ1v) is 7.89. The zero-order chi connectivity index (χ0) is 16.5. The third kappa shape index (κ3) is 5.39. The van der Waals surface area contributed by atoms with Crippen LogP contribution in [0.15, 0.2) is 18.2 Å². The predicted octanol–water partition coefficient (Wildman–Crippen LogP) is 3.07. The number of carbonyl (C=O) groups is 2. The Labute approximate surface area is 132 Å². The van der Waals surface area contributed by atoms with E-state index in [0.717, 1.165) is 31.2 Å². The van der Waals surface area contributed by atoms with Crippen LogP contribution in [0.5, 0.6) is 5.75 Å². The standard InChI is InChI=1S/C17H26N2O3/c1-4-6-10-19(11-7-5-2)17(22)16(21)18-15-9-8-14(20)12-13(15)3/h8-9,12,20H,4-7,10-11H2,1-3H3,(H,18,21). The van der Waals surface area contributed by atoms with Crippen LogP contribution in [0.4, 0.5) is 5.69 Å². The van der Waals surface area contributed by atoms with Gasteiger partial charge in [0.05, 0.1) is 0 Å². The molecule has 0 aromatic heterocycles. The second-order valence-corrected chi connectivity index (χ2v) is 5.45.